The summed E-state index contributed by atoms with van der Waals surface area (Å²) < 4.78 is 3.17. The van der Waals surface area contributed by atoms with Crippen molar-refractivity contribution in [3.05, 3.63) is 77.0 Å². The Bertz CT molecular complexity index is 933. The molecule has 1 N–H and O–H groups in total. The molecule has 2 aromatic carbocycles. The van der Waals surface area contributed by atoms with Crippen LogP contribution in [-0.4, -0.2) is 22.0 Å². The van der Waals surface area contributed by atoms with Crippen molar-refractivity contribution in [2.75, 3.05) is 6.54 Å². The van der Waals surface area contributed by atoms with Gasteiger partial charge in [-0.15, -0.1) is 0 Å². The third kappa shape index (κ3) is 5.80. The normalized spacial score (nSPS) is 10.9. The van der Waals surface area contributed by atoms with Gasteiger partial charge in [0.2, 0.25) is 5.91 Å². The second-order valence-electron chi connectivity index (χ2n) is 6.94. The van der Waals surface area contributed by atoms with Crippen molar-refractivity contribution < 1.29 is 4.79 Å². The van der Waals surface area contributed by atoms with Gasteiger partial charge in [-0.05, 0) is 30.5 Å². The molecule has 0 unspecified atom stereocenters. The predicted molar refractivity (Wildman–Crippen MR) is 119 cm³/mol. The van der Waals surface area contributed by atoms with Gasteiger partial charge < -0.3 is 9.88 Å². The molecule has 0 aliphatic carbocycles. The summed E-state index contributed by atoms with van der Waals surface area (Å²) in [6.07, 6.45) is 4.46. The minimum absolute atomic E-state index is 0.0869. The van der Waals surface area contributed by atoms with Crippen LogP contribution < -0.4 is 5.32 Å². The average Bonchev–Trinajstić information content (AvgIpc) is 3.02. The van der Waals surface area contributed by atoms with Crippen LogP contribution in [-0.2, 0) is 24.2 Å². The van der Waals surface area contributed by atoms with E-state index in [4.69, 9.17) is 4.98 Å². The third-order valence-electron chi connectivity index (χ3n) is 4.67. The van der Waals surface area contributed by atoms with Crippen LogP contribution in [0.4, 0.5) is 0 Å². The number of para-hydroxylation sites is 2. The van der Waals surface area contributed by atoms with Gasteiger partial charge >= 0.3 is 0 Å². The van der Waals surface area contributed by atoms with Gasteiger partial charge in [0.25, 0.3) is 0 Å². The fraction of sp³-hybridized carbons (Fsp3) is 0.304. The summed E-state index contributed by atoms with van der Waals surface area (Å²) in [5.74, 6) is 1.18. The largest absolute Gasteiger partial charge is 0.356 e. The monoisotopic (exact) mass is 439 g/mol. The fourth-order valence-corrected chi connectivity index (χ4v) is 3.57. The average molecular weight is 440 g/mol. The third-order valence-corrected chi connectivity index (χ3v) is 4.92. The summed E-state index contributed by atoms with van der Waals surface area (Å²) in [7, 11) is 0. The standard InChI is InChI=1S/C23H26BrN3O/c1-18(24)17-27-21-13-8-7-12-20(21)26-22(27)14-6-3-9-15-25-23(28)16-19-10-4-2-5-11-19/h2,4-5,7-8,10-13H,1,3,6,9,14-17H2,(H,25,28). The second kappa shape index (κ2) is 10.2. The zero-order valence-corrected chi connectivity index (χ0v) is 17.6. The molecule has 0 aliphatic rings. The number of hydrogen-bond donors (Lipinski definition) is 1. The molecule has 0 bridgehead atoms. The van der Waals surface area contributed by atoms with E-state index < -0.39 is 0 Å². The number of fused-ring (bicyclic) bond motifs is 1. The van der Waals surface area contributed by atoms with Gasteiger partial charge in [-0.3, -0.25) is 4.79 Å². The van der Waals surface area contributed by atoms with Crippen molar-refractivity contribution in [3.8, 4) is 0 Å². The molecule has 0 saturated heterocycles. The van der Waals surface area contributed by atoms with E-state index in [0.29, 0.717) is 6.42 Å². The number of amides is 1. The molecule has 0 radical (unpaired) electrons. The number of nitrogens with one attached hydrogen (secondary N) is 1. The van der Waals surface area contributed by atoms with Crippen molar-refractivity contribution in [1.29, 1.82) is 0 Å². The van der Waals surface area contributed by atoms with Gasteiger partial charge in [-0.2, -0.15) is 0 Å². The molecule has 0 fully saturated rings. The molecular weight excluding hydrogens is 414 g/mol. The Kier molecular flexibility index (Phi) is 7.43. The number of hydrogen-bond acceptors (Lipinski definition) is 2. The van der Waals surface area contributed by atoms with Crippen LogP contribution in [0.25, 0.3) is 11.0 Å². The summed E-state index contributed by atoms with van der Waals surface area (Å²) in [6.45, 7) is 5.42. The first kappa shape index (κ1) is 20.3. The van der Waals surface area contributed by atoms with Crippen LogP contribution in [0, 0.1) is 0 Å². The van der Waals surface area contributed by atoms with Gasteiger partial charge in [0.05, 0.1) is 24.0 Å². The molecule has 0 atom stereocenters. The van der Waals surface area contributed by atoms with Crippen LogP contribution >= 0.6 is 15.9 Å². The Morgan fingerprint density at radius 3 is 2.57 bits per heavy atom. The number of aryl methyl sites for hydroxylation is 1. The Morgan fingerprint density at radius 1 is 1.04 bits per heavy atom. The van der Waals surface area contributed by atoms with Gasteiger partial charge in [0, 0.05) is 17.4 Å². The quantitative estimate of drug-likeness (QED) is 0.450. The molecule has 28 heavy (non-hydrogen) atoms. The molecule has 4 nitrogen and oxygen atoms in total. The van der Waals surface area contributed by atoms with Crippen LogP contribution in [0.3, 0.4) is 0 Å². The second-order valence-corrected chi connectivity index (χ2v) is 8.06. The molecule has 3 aromatic rings. The number of imidazole rings is 1. The summed E-state index contributed by atoms with van der Waals surface area (Å²) in [5.41, 5.74) is 3.22. The van der Waals surface area contributed by atoms with Crippen molar-refractivity contribution in [2.45, 2.75) is 38.6 Å². The van der Waals surface area contributed by atoms with Crippen molar-refractivity contribution >= 4 is 32.9 Å². The Balaban J connectivity index is 1.43. The van der Waals surface area contributed by atoms with Crippen molar-refractivity contribution in [1.82, 2.24) is 14.9 Å². The van der Waals surface area contributed by atoms with Crippen molar-refractivity contribution in [2.24, 2.45) is 0 Å². The lowest BCUT2D eigenvalue weighted by Crippen LogP contribution is -2.26. The molecule has 0 saturated carbocycles. The maximum Gasteiger partial charge on any atom is 0.224 e. The molecule has 3 rings (SSSR count). The summed E-state index contributed by atoms with van der Waals surface area (Å²) in [4.78, 5) is 16.8. The van der Waals surface area contributed by atoms with Gasteiger partial charge in [0.1, 0.15) is 5.82 Å². The molecule has 1 heterocycles. The van der Waals surface area contributed by atoms with E-state index in [9.17, 15) is 4.79 Å². The lowest BCUT2D eigenvalue weighted by atomic mass is 10.1. The highest BCUT2D eigenvalue weighted by atomic mass is 79.9. The van der Waals surface area contributed by atoms with Crippen LogP contribution in [0.2, 0.25) is 0 Å². The Labute approximate surface area is 174 Å². The van der Waals surface area contributed by atoms with Crippen LogP contribution in [0.15, 0.2) is 65.7 Å². The van der Waals surface area contributed by atoms with Crippen LogP contribution in [0.1, 0.15) is 30.7 Å². The zero-order chi connectivity index (χ0) is 19.8. The maximum atomic E-state index is 12.0. The smallest absolute Gasteiger partial charge is 0.224 e. The fourth-order valence-electron chi connectivity index (χ4n) is 3.32. The number of aromatic nitrogens is 2. The van der Waals surface area contributed by atoms with E-state index in [0.717, 1.165) is 65.7 Å². The number of rotatable bonds is 10. The first-order chi connectivity index (χ1) is 13.6. The van der Waals surface area contributed by atoms with E-state index in [1.807, 2.05) is 42.5 Å². The van der Waals surface area contributed by atoms with Crippen molar-refractivity contribution in [3.63, 3.8) is 0 Å². The molecule has 1 aromatic heterocycles. The van der Waals surface area contributed by atoms with E-state index in [1.54, 1.807) is 0 Å². The molecule has 1 amide bonds. The number of halogens is 1. The highest BCUT2D eigenvalue weighted by Gasteiger charge is 2.10. The SMILES string of the molecule is C=C(Br)Cn1c(CCCCCNC(=O)Cc2ccccc2)nc2ccccc21. The summed E-state index contributed by atoms with van der Waals surface area (Å²) in [6, 6.07) is 18.0. The van der Waals surface area contributed by atoms with Gasteiger partial charge in [-0.1, -0.05) is 71.4 Å². The minimum Gasteiger partial charge on any atom is -0.356 e. The predicted octanol–water partition coefficient (Wildman–Crippen LogP) is 5.02. The Morgan fingerprint density at radius 2 is 1.79 bits per heavy atom. The summed E-state index contributed by atoms with van der Waals surface area (Å²) in [5, 5.41) is 3.01. The number of nitrogens with zero attached hydrogens (tertiary/aromatic N) is 2. The van der Waals surface area contributed by atoms with Gasteiger partial charge in [-0.25, -0.2) is 4.98 Å². The molecule has 5 heteroatoms. The van der Waals surface area contributed by atoms with E-state index in [2.05, 4.69) is 44.5 Å². The first-order valence-corrected chi connectivity index (χ1v) is 10.5. The maximum absolute atomic E-state index is 12.0. The first-order valence-electron chi connectivity index (χ1n) is 9.71. The molecule has 0 aliphatic heterocycles. The number of carbonyl (C=O) groups excluding carboxylic acids is 1. The van der Waals surface area contributed by atoms with E-state index in [1.165, 1.54) is 0 Å². The minimum atomic E-state index is 0.0869. The topological polar surface area (TPSA) is 46.9 Å². The number of carbonyl (C=O) groups is 1. The highest BCUT2D eigenvalue weighted by molar-refractivity contribution is 9.11. The highest BCUT2D eigenvalue weighted by Crippen LogP contribution is 2.20. The lowest BCUT2D eigenvalue weighted by molar-refractivity contribution is -0.120. The zero-order valence-electron chi connectivity index (χ0n) is 16.0. The van der Waals surface area contributed by atoms with Gasteiger partial charge in [0.15, 0.2) is 0 Å². The van der Waals surface area contributed by atoms with Crippen LogP contribution in [0.5, 0.6) is 0 Å². The van der Waals surface area contributed by atoms with E-state index >= 15 is 0 Å². The molecular formula is C23H26BrN3O. The van der Waals surface area contributed by atoms with E-state index in [-0.39, 0.29) is 5.91 Å². The number of allylic oxidation sites excluding steroid dienone is 1. The lowest BCUT2D eigenvalue weighted by Gasteiger charge is -2.09. The number of benzene rings is 2. The number of unbranched alkanes of at least 4 members (excludes halogenated alkanes) is 2. The Hall–Kier alpha value is -2.40. The summed E-state index contributed by atoms with van der Waals surface area (Å²) >= 11 is 3.47. The molecule has 146 valence electrons. The molecule has 0 spiro atoms.